The van der Waals surface area contributed by atoms with Gasteiger partial charge in [-0.05, 0) is 0 Å². The topological polar surface area (TPSA) is 0 Å². The Morgan fingerprint density at radius 1 is 0.794 bits per heavy atom. The van der Waals surface area contributed by atoms with Crippen molar-refractivity contribution in [1.82, 2.24) is 0 Å². The van der Waals surface area contributed by atoms with Gasteiger partial charge in [0, 0.05) is 0 Å². The SMILES string of the molecule is C[Si](C)(C)c1ccc2c(c1)[cH-]c1cc([Si](C)(C)C)ccc12.[C-]1=CC=CC1.[Cl-].[Cl-].[Zr+2]=[Si]1CCCC1. The molecule has 0 nitrogen and oxygen atoms in total. The Balaban J connectivity index is 0.000000367. The first-order valence-corrected chi connectivity index (χ1v) is 24.6. The molecule has 1 fully saturated rings. The van der Waals surface area contributed by atoms with Gasteiger partial charge in [-0.25, -0.2) is 12.2 Å². The molecule has 182 valence electrons. The van der Waals surface area contributed by atoms with Crippen LogP contribution in [0.3, 0.4) is 0 Å². The van der Waals surface area contributed by atoms with E-state index in [1.54, 1.807) is 35.3 Å². The van der Waals surface area contributed by atoms with E-state index in [0.29, 0.717) is 5.43 Å². The fourth-order valence-corrected chi connectivity index (χ4v) is 10.7. The summed E-state index contributed by atoms with van der Waals surface area (Å²) in [5.41, 5.74) is 0.333. The zero-order valence-corrected chi connectivity index (χ0v) is 28.5. The van der Waals surface area contributed by atoms with Crippen molar-refractivity contribution in [1.29, 1.82) is 0 Å². The van der Waals surface area contributed by atoms with Crippen LogP contribution in [0.25, 0.3) is 21.5 Å². The number of allylic oxidation sites excluding steroid dienone is 4. The van der Waals surface area contributed by atoms with Crippen molar-refractivity contribution < 1.29 is 48.1 Å². The van der Waals surface area contributed by atoms with E-state index in [9.17, 15) is 0 Å². The van der Waals surface area contributed by atoms with Crippen LogP contribution in [0.4, 0.5) is 0 Å². The first-order valence-electron chi connectivity index (χ1n) is 12.0. The summed E-state index contributed by atoms with van der Waals surface area (Å²) in [6.45, 7) is 14.5. The molecule has 0 saturated carbocycles. The summed E-state index contributed by atoms with van der Waals surface area (Å²) in [6.07, 6.45) is 13.1. The van der Waals surface area contributed by atoms with Crippen LogP contribution in [0.5, 0.6) is 0 Å². The fourth-order valence-electron chi connectivity index (χ4n) is 4.10. The summed E-state index contributed by atoms with van der Waals surface area (Å²) in [7, 11) is -2.47. The molecule has 3 aromatic carbocycles. The van der Waals surface area contributed by atoms with Crippen LogP contribution in [-0.2, 0) is 23.3 Å². The van der Waals surface area contributed by atoms with E-state index in [0.717, 1.165) is 6.42 Å². The molecule has 0 amide bonds. The van der Waals surface area contributed by atoms with Gasteiger partial charge in [0.25, 0.3) is 0 Å². The molecule has 0 atom stereocenters. The zero-order chi connectivity index (χ0) is 23.4. The molecule has 0 N–H and O–H groups in total. The van der Waals surface area contributed by atoms with Crippen molar-refractivity contribution in [3.8, 4) is 0 Å². The molecule has 6 heteroatoms. The summed E-state index contributed by atoms with van der Waals surface area (Å²) in [5.74, 6) is 0. The second-order valence-electron chi connectivity index (χ2n) is 11.1. The maximum absolute atomic E-state index is 2.99. The molecular weight excluding hydrogens is 583 g/mol. The van der Waals surface area contributed by atoms with Crippen LogP contribution in [0.2, 0.25) is 51.4 Å². The van der Waals surface area contributed by atoms with E-state index in [2.05, 4.69) is 93.9 Å². The third-order valence-corrected chi connectivity index (χ3v) is 15.9. The second-order valence-corrected chi connectivity index (χ2v) is 28.6. The molecular formula is C28H38Cl2Si3Zr-2. The van der Waals surface area contributed by atoms with Gasteiger partial charge in [-0.3, -0.25) is 6.08 Å². The van der Waals surface area contributed by atoms with Crippen molar-refractivity contribution in [2.45, 2.75) is 70.6 Å². The number of halogens is 2. The van der Waals surface area contributed by atoms with Crippen molar-refractivity contribution >= 4 is 53.5 Å². The Morgan fingerprint density at radius 2 is 1.26 bits per heavy atom. The molecule has 0 spiro atoms. The molecule has 0 bridgehead atoms. The van der Waals surface area contributed by atoms with E-state index in [1.165, 1.54) is 21.5 Å². The monoisotopic (exact) mass is 618 g/mol. The van der Waals surface area contributed by atoms with Crippen LogP contribution in [0.1, 0.15) is 19.3 Å². The van der Waals surface area contributed by atoms with Gasteiger partial charge in [0.2, 0.25) is 0 Å². The van der Waals surface area contributed by atoms with Gasteiger partial charge in [0.15, 0.2) is 0 Å². The first kappa shape index (κ1) is 31.9. The normalized spacial score (nSPS) is 14.8. The minimum atomic E-state index is -1.23. The van der Waals surface area contributed by atoms with Crippen molar-refractivity contribution in [2.24, 2.45) is 0 Å². The third kappa shape index (κ3) is 9.09. The van der Waals surface area contributed by atoms with Gasteiger partial charge < -0.3 is 24.8 Å². The van der Waals surface area contributed by atoms with Gasteiger partial charge in [-0.2, -0.15) is 6.08 Å². The Labute approximate surface area is 237 Å². The van der Waals surface area contributed by atoms with Gasteiger partial charge in [0.05, 0.1) is 16.1 Å². The number of hydrogen-bond donors (Lipinski definition) is 0. The molecule has 1 aliphatic carbocycles. The van der Waals surface area contributed by atoms with Crippen molar-refractivity contribution in [3.05, 3.63) is 66.8 Å². The minimum absolute atomic E-state index is 0. The number of benzene rings is 2. The quantitative estimate of drug-likeness (QED) is 0.301. The zero-order valence-electron chi connectivity index (χ0n) is 21.6. The number of rotatable bonds is 2. The number of hydrogen-bond acceptors (Lipinski definition) is 0. The molecule has 0 unspecified atom stereocenters. The first-order chi connectivity index (χ1) is 15.1. The average Bonchev–Trinajstić information content (AvgIpc) is 3.48. The molecule has 5 rings (SSSR count). The van der Waals surface area contributed by atoms with E-state index in [1.807, 2.05) is 35.5 Å². The van der Waals surface area contributed by atoms with Gasteiger partial charge >= 0.3 is 53.7 Å². The van der Waals surface area contributed by atoms with Gasteiger partial charge in [0.1, 0.15) is 0 Å². The predicted octanol–water partition coefficient (Wildman–Crippen LogP) is 1.43. The van der Waals surface area contributed by atoms with E-state index >= 15 is 0 Å². The Kier molecular flexibility index (Phi) is 13.2. The molecule has 2 aliphatic rings. The molecule has 1 saturated heterocycles. The van der Waals surface area contributed by atoms with Crippen LogP contribution < -0.4 is 35.2 Å². The summed E-state index contributed by atoms with van der Waals surface area (Å²) in [5, 5.41) is 8.75. The summed E-state index contributed by atoms with van der Waals surface area (Å²) >= 11 is 1.87. The van der Waals surface area contributed by atoms with Crippen LogP contribution >= 0.6 is 0 Å². The van der Waals surface area contributed by atoms with E-state index in [-0.39, 0.29) is 24.8 Å². The van der Waals surface area contributed by atoms with Gasteiger partial charge in [-0.15, -0.1) is 46.2 Å². The van der Waals surface area contributed by atoms with Crippen LogP contribution in [0, 0.1) is 6.08 Å². The standard InChI is InChI=1S/C19H25Si2.C5H5.C4H8Si.2ClH.Zr/c1-20(2,3)16-7-9-18-14(12-16)11-15-13-17(21(4,5)6)8-10-19(15)18;2*1-2-4-5-3-1;;;/h7-13H,1-6H3;1-3H,4H2;1-4H2;2*1H;/q2*-1;;;;+2/p-2. The Bertz CT molecular complexity index is 1060. The predicted molar refractivity (Wildman–Crippen MR) is 149 cm³/mol. The molecule has 34 heavy (non-hydrogen) atoms. The van der Waals surface area contributed by atoms with Crippen LogP contribution in [0.15, 0.2) is 60.7 Å². The molecule has 1 aliphatic heterocycles. The van der Waals surface area contributed by atoms with E-state index < -0.39 is 16.1 Å². The fraction of sp³-hybridized carbons (Fsp3) is 0.393. The maximum atomic E-state index is 2.99. The summed E-state index contributed by atoms with van der Waals surface area (Å²) < 4.78 is 0. The summed E-state index contributed by atoms with van der Waals surface area (Å²) in [6, 6.07) is 19.9. The van der Waals surface area contributed by atoms with Crippen molar-refractivity contribution in [3.63, 3.8) is 0 Å². The van der Waals surface area contributed by atoms with Crippen LogP contribution in [-0.4, -0.2) is 21.6 Å². The second kappa shape index (κ2) is 14.0. The molecule has 0 aromatic heterocycles. The van der Waals surface area contributed by atoms with Crippen molar-refractivity contribution in [2.75, 3.05) is 0 Å². The van der Waals surface area contributed by atoms with E-state index in [4.69, 9.17) is 0 Å². The molecule has 1 heterocycles. The molecule has 0 radical (unpaired) electrons. The molecule has 3 aromatic rings. The average molecular weight is 621 g/mol. The Hall–Kier alpha value is -0.0962. The number of fused-ring (bicyclic) bond motifs is 3. The third-order valence-electron chi connectivity index (χ3n) is 6.23. The van der Waals surface area contributed by atoms with Gasteiger partial charge in [-0.1, -0.05) is 73.9 Å². The summed E-state index contributed by atoms with van der Waals surface area (Å²) in [4.78, 5) is 0. The Morgan fingerprint density at radius 3 is 1.53 bits per heavy atom.